The molecule has 50 valence electrons. The predicted molar refractivity (Wildman–Crippen MR) is 34.2 cm³/mol. The van der Waals surface area contributed by atoms with Crippen LogP contribution in [0.25, 0.3) is 11.3 Å². The maximum absolute atomic E-state index is 4.07. The fourth-order valence-electron chi connectivity index (χ4n) is 0.732. The van der Waals surface area contributed by atoms with Gasteiger partial charge in [-0.15, -0.1) is 10.2 Å². The fraction of sp³-hybridized carbons (Fsp3) is 0.200. The maximum atomic E-state index is 4.07. The summed E-state index contributed by atoms with van der Waals surface area (Å²) in [6, 6.07) is 0. The molecule has 0 amide bonds. The van der Waals surface area contributed by atoms with Gasteiger partial charge in [-0.3, -0.25) is 0 Å². The Morgan fingerprint density at radius 1 is 1.30 bits per heavy atom. The van der Waals surface area contributed by atoms with E-state index in [1.807, 2.05) is 6.92 Å². The molecule has 1 N–H and O–H groups in total. The lowest BCUT2D eigenvalue weighted by atomic mass is 10.5. The van der Waals surface area contributed by atoms with Crippen molar-refractivity contribution in [3.8, 4) is 0 Å². The third-order valence-corrected chi connectivity index (χ3v) is 1.17. The molecule has 5 heteroatoms. The first-order valence-corrected chi connectivity index (χ1v) is 2.86. The van der Waals surface area contributed by atoms with Crippen LogP contribution in [0.15, 0.2) is 6.20 Å². The average Bonchev–Trinajstić information content (AvgIpc) is 2.33. The summed E-state index contributed by atoms with van der Waals surface area (Å²) < 4.78 is 0. The van der Waals surface area contributed by atoms with Crippen LogP contribution in [0.1, 0.15) is 5.69 Å². The molecule has 0 unspecified atom stereocenters. The Kier molecular flexibility index (Phi) is 0.913. The molecular formula is C5H5N5. The van der Waals surface area contributed by atoms with Crippen molar-refractivity contribution in [1.82, 2.24) is 25.4 Å². The molecule has 5 nitrogen and oxygen atoms in total. The largest absolute Gasteiger partial charge is 0.230 e. The Labute approximate surface area is 56.5 Å². The molecule has 0 atom stereocenters. The molecule has 0 aliphatic carbocycles. The number of aromatic amines is 1. The van der Waals surface area contributed by atoms with Gasteiger partial charge in [0.05, 0.1) is 11.9 Å². The van der Waals surface area contributed by atoms with Crippen molar-refractivity contribution in [3.05, 3.63) is 11.9 Å². The van der Waals surface area contributed by atoms with Gasteiger partial charge in [-0.25, -0.2) is 9.97 Å². The first-order valence-electron chi connectivity index (χ1n) is 2.86. The second-order valence-electron chi connectivity index (χ2n) is 1.98. The Bertz CT molecular complexity index is 352. The third kappa shape index (κ3) is 0.637. The maximum Gasteiger partial charge on any atom is 0.221 e. The van der Waals surface area contributed by atoms with E-state index in [2.05, 4.69) is 25.4 Å². The van der Waals surface area contributed by atoms with E-state index < -0.39 is 0 Å². The van der Waals surface area contributed by atoms with Crippen molar-refractivity contribution in [2.75, 3.05) is 0 Å². The summed E-state index contributed by atoms with van der Waals surface area (Å²) >= 11 is 0. The van der Waals surface area contributed by atoms with E-state index in [1.54, 1.807) is 6.20 Å². The molecule has 0 aromatic carbocycles. The highest BCUT2D eigenvalue weighted by Gasteiger charge is 1.97. The lowest BCUT2D eigenvalue weighted by Crippen LogP contribution is -1.84. The molecular weight excluding hydrogens is 130 g/mol. The van der Waals surface area contributed by atoms with E-state index in [4.69, 9.17) is 0 Å². The summed E-state index contributed by atoms with van der Waals surface area (Å²) in [6.45, 7) is 1.86. The fourth-order valence-corrected chi connectivity index (χ4v) is 0.732. The van der Waals surface area contributed by atoms with E-state index in [-0.39, 0.29) is 0 Å². The van der Waals surface area contributed by atoms with Gasteiger partial charge < -0.3 is 0 Å². The molecule has 2 aromatic heterocycles. The van der Waals surface area contributed by atoms with E-state index in [9.17, 15) is 0 Å². The number of nitrogens with one attached hydrogen (secondary N) is 1. The smallest absolute Gasteiger partial charge is 0.221 e. The number of hydrogen-bond acceptors (Lipinski definition) is 4. The third-order valence-electron chi connectivity index (χ3n) is 1.17. The summed E-state index contributed by atoms with van der Waals surface area (Å²) in [4.78, 5) is 8.04. The van der Waals surface area contributed by atoms with Crippen molar-refractivity contribution >= 4 is 11.3 Å². The molecule has 10 heavy (non-hydrogen) atoms. The first kappa shape index (κ1) is 5.28. The van der Waals surface area contributed by atoms with Crippen LogP contribution in [0.2, 0.25) is 0 Å². The van der Waals surface area contributed by atoms with Crippen LogP contribution >= 0.6 is 0 Å². The second-order valence-corrected chi connectivity index (χ2v) is 1.98. The SMILES string of the molecule is Cc1cnc2n[nH]nc2n1. The van der Waals surface area contributed by atoms with Gasteiger partial charge in [-0.1, -0.05) is 0 Å². The Morgan fingerprint density at radius 2 is 2.10 bits per heavy atom. The summed E-state index contributed by atoms with van der Waals surface area (Å²) in [6.07, 6.45) is 1.66. The minimum absolute atomic E-state index is 0.561. The molecule has 0 saturated carbocycles. The zero-order valence-electron chi connectivity index (χ0n) is 5.37. The van der Waals surface area contributed by atoms with Gasteiger partial charge in [0.1, 0.15) is 0 Å². The van der Waals surface area contributed by atoms with Gasteiger partial charge in [0.15, 0.2) is 0 Å². The van der Waals surface area contributed by atoms with E-state index in [0.717, 1.165) is 5.69 Å². The van der Waals surface area contributed by atoms with Crippen LogP contribution in [0.3, 0.4) is 0 Å². The minimum Gasteiger partial charge on any atom is -0.230 e. The molecule has 2 heterocycles. The number of aromatic nitrogens is 5. The highest BCUT2D eigenvalue weighted by molar-refractivity contribution is 5.62. The molecule has 0 spiro atoms. The minimum atomic E-state index is 0.561. The van der Waals surface area contributed by atoms with Crippen LogP contribution < -0.4 is 0 Å². The lowest BCUT2D eigenvalue weighted by Gasteiger charge is -1.85. The average molecular weight is 135 g/mol. The number of H-pyrrole nitrogens is 1. The Balaban J connectivity index is 2.86. The van der Waals surface area contributed by atoms with Gasteiger partial charge in [-0.05, 0) is 6.92 Å². The van der Waals surface area contributed by atoms with Crippen LogP contribution in [-0.4, -0.2) is 25.4 Å². The quantitative estimate of drug-likeness (QED) is 0.554. The van der Waals surface area contributed by atoms with Gasteiger partial charge in [0.2, 0.25) is 11.3 Å². The molecule has 2 rings (SSSR count). The Hall–Kier alpha value is -1.52. The highest BCUT2D eigenvalue weighted by Crippen LogP contribution is 1.99. The van der Waals surface area contributed by atoms with Crippen molar-refractivity contribution in [3.63, 3.8) is 0 Å². The molecule has 2 aromatic rings. The summed E-state index contributed by atoms with van der Waals surface area (Å²) in [5.41, 5.74) is 1.98. The number of nitrogens with zero attached hydrogens (tertiary/aromatic N) is 4. The molecule has 0 fully saturated rings. The van der Waals surface area contributed by atoms with Crippen LogP contribution in [0.4, 0.5) is 0 Å². The number of rotatable bonds is 0. The van der Waals surface area contributed by atoms with E-state index in [0.29, 0.717) is 11.3 Å². The zero-order chi connectivity index (χ0) is 6.97. The Morgan fingerprint density at radius 3 is 3.00 bits per heavy atom. The zero-order valence-corrected chi connectivity index (χ0v) is 5.37. The van der Waals surface area contributed by atoms with Gasteiger partial charge in [-0.2, -0.15) is 5.21 Å². The van der Waals surface area contributed by atoms with Crippen molar-refractivity contribution < 1.29 is 0 Å². The van der Waals surface area contributed by atoms with E-state index in [1.165, 1.54) is 0 Å². The van der Waals surface area contributed by atoms with Crippen LogP contribution in [-0.2, 0) is 0 Å². The van der Waals surface area contributed by atoms with Crippen LogP contribution in [0, 0.1) is 6.92 Å². The molecule has 0 bridgehead atoms. The van der Waals surface area contributed by atoms with Gasteiger partial charge in [0.25, 0.3) is 0 Å². The van der Waals surface area contributed by atoms with E-state index >= 15 is 0 Å². The van der Waals surface area contributed by atoms with Crippen molar-refractivity contribution in [2.24, 2.45) is 0 Å². The molecule has 0 aliphatic rings. The number of hydrogen-bond donors (Lipinski definition) is 1. The van der Waals surface area contributed by atoms with Crippen molar-refractivity contribution in [2.45, 2.75) is 6.92 Å². The number of aryl methyl sites for hydroxylation is 1. The normalized spacial score (nSPS) is 10.5. The predicted octanol–water partition coefficient (Wildman–Crippen LogP) is 0.0563. The van der Waals surface area contributed by atoms with Gasteiger partial charge in [0, 0.05) is 0 Å². The highest BCUT2D eigenvalue weighted by atomic mass is 15.4. The summed E-state index contributed by atoms with van der Waals surface area (Å²) in [5, 5.41) is 9.96. The number of fused-ring (bicyclic) bond motifs is 1. The standard InChI is InChI=1S/C5H5N5/c1-3-2-6-4-5(7-3)9-10-8-4/h2H,1H3,(H,6,7,8,9,10). The summed E-state index contributed by atoms with van der Waals surface area (Å²) in [5.74, 6) is 0. The topological polar surface area (TPSA) is 67.3 Å². The molecule has 0 aliphatic heterocycles. The first-order chi connectivity index (χ1) is 4.86. The molecule has 0 saturated heterocycles. The monoisotopic (exact) mass is 135 g/mol. The summed E-state index contributed by atoms with van der Waals surface area (Å²) in [7, 11) is 0. The lowest BCUT2D eigenvalue weighted by molar-refractivity contribution is 0.951. The second kappa shape index (κ2) is 1.73. The van der Waals surface area contributed by atoms with Crippen molar-refractivity contribution in [1.29, 1.82) is 0 Å². The molecule has 0 radical (unpaired) electrons. The van der Waals surface area contributed by atoms with Gasteiger partial charge >= 0.3 is 0 Å². The van der Waals surface area contributed by atoms with Crippen LogP contribution in [0.5, 0.6) is 0 Å².